The molecular formula is C11H14FNO. The number of hydrogen-bond acceptors (Lipinski definition) is 2. The van der Waals surface area contributed by atoms with Gasteiger partial charge in [0.05, 0.1) is 12.6 Å². The first kappa shape index (κ1) is 9.46. The molecule has 0 saturated carbocycles. The van der Waals surface area contributed by atoms with Gasteiger partial charge < -0.3 is 10.1 Å². The SMILES string of the molecule is FC1COCCC1Nc1ccccc1. The van der Waals surface area contributed by atoms with Gasteiger partial charge in [0.1, 0.15) is 6.17 Å². The summed E-state index contributed by atoms with van der Waals surface area (Å²) >= 11 is 0. The molecule has 1 aliphatic rings. The Morgan fingerprint density at radius 2 is 2.07 bits per heavy atom. The van der Waals surface area contributed by atoms with Crippen LogP contribution in [0.4, 0.5) is 10.1 Å². The largest absolute Gasteiger partial charge is 0.379 e. The second-order valence-corrected chi connectivity index (χ2v) is 3.50. The first-order valence-corrected chi connectivity index (χ1v) is 4.89. The van der Waals surface area contributed by atoms with Gasteiger partial charge in [-0.05, 0) is 18.6 Å². The van der Waals surface area contributed by atoms with Crippen molar-refractivity contribution in [2.24, 2.45) is 0 Å². The molecule has 1 fully saturated rings. The Kier molecular flexibility index (Phi) is 2.99. The van der Waals surface area contributed by atoms with Crippen LogP contribution in [0.25, 0.3) is 0 Å². The number of rotatable bonds is 2. The molecule has 1 saturated heterocycles. The van der Waals surface area contributed by atoms with Crippen molar-refractivity contribution in [1.82, 2.24) is 0 Å². The molecule has 0 spiro atoms. The summed E-state index contributed by atoms with van der Waals surface area (Å²) in [4.78, 5) is 0. The molecule has 1 N–H and O–H groups in total. The molecule has 0 amide bonds. The van der Waals surface area contributed by atoms with Gasteiger partial charge in [0.15, 0.2) is 0 Å². The van der Waals surface area contributed by atoms with E-state index in [0.29, 0.717) is 6.61 Å². The average Bonchev–Trinajstić information content (AvgIpc) is 2.23. The Hall–Kier alpha value is -1.09. The third-order valence-corrected chi connectivity index (χ3v) is 2.41. The molecule has 1 aromatic rings. The fourth-order valence-electron chi connectivity index (χ4n) is 1.61. The Labute approximate surface area is 83.1 Å². The molecule has 0 bridgehead atoms. The van der Waals surface area contributed by atoms with Crippen LogP contribution in [0.15, 0.2) is 30.3 Å². The predicted molar refractivity (Wildman–Crippen MR) is 54.2 cm³/mol. The van der Waals surface area contributed by atoms with Crippen molar-refractivity contribution in [2.75, 3.05) is 18.5 Å². The minimum absolute atomic E-state index is 0.105. The predicted octanol–water partition coefficient (Wildman–Crippen LogP) is 2.23. The van der Waals surface area contributed by atoms with Gasteiger partial charge in [-0.3, -0.25) is 0 Å². The lowest BCUT2D eigenvalue weighted by Crippen LogP contribution is -2.39. The van der Waals surface area contributed by atoms with Crippen LogP contribution < -0.4 is 5.32 Å². The highest BCUT2D eigenvalue weighted by molar-refractivity contribution is 5.43. The summed E-state index contributed by atoms with van der Waals surface area (Å²) in [5, 5.41) is 3.18. The lowest BCUT2D eigenvalue weighted by atomic mass is 10.1. The Bertz CT molecular complexity index is 278. The van der Waals surface area contributed by atoms with Crippen molar-refractivity contribution in [3.63, 3.8) is 0 Å². The van der Waals surface area contributed by atoms with E-state index in [4.69, 9.17) is 4.74 Å². The molecule has 14 heavy (non-hydrogen) atoms. The minimum Gasteiger partial charge on any atom is -0.379 e. The highest BCUT2D eigenvalue weighted by Gasteiger charge is 2.24. The van der Waals surface area contributed by atoms with E-state index in [1.807, 2.05) is 30.3 Å². The summed E-state index contributed by atoms with van der Waals surface area (Å²) in [7, 11) is 0. The number of anilines is 1. The summed E-state index contributed by atoms with van der Waals surface area (Å²) in [6.45, 7) is 0.857. The van der Waals surface area contributed by atoms with E-state index in [0.717, 1.165) is 12.1 Å². The zero-order chi connectivity index (χ0) is 9.80. The number of halogens is 1. The topological polar surface area (TPSA) is 21.3 Å². The van der Waals surface area contributed by atoms with Crippen molar-refractivity contribution < 1.29 is 9.13 Å². The number of para-hydroxylation sites is 1. The number of nitrogens with one attached hydrogen (secondary N) is 1. The van der Waals surface area contributed by atoms with Gasteiger partial charge in [0.2, 0.25) is 0 Å². The van der Waals surface area contributed by atoms with Crippen LogP contribution in [0.5, 0.6) is 0 Å². The number of ether oxygens (including phenoxy) is 1. The van der Waals surface area contributed by atoms with E-state index in [-0.39, 0.29) is 12.6 Å². The molecule has 2 unspecified atom stereocenters. The molecular weight excluding hydrogens is 181 g/mol. The third-order valence-electron chi connectivity index (χ3n) is 2.41. The maximum Gasteiger partial charge on any atom is 0.143 e. The average molecular weight is 195 g/mol. The highest BCUT2D eigenvalue weighted by atomic mass is 19.1. The minimum atomic E-state index is -0.899. The normalized spacial score (nSPS) is 27.2. The molecule has 1 aliphatic heterocycles. The zero-order valence-electron chi connectivity index (χ0n) is 7.95. The van der Waals surface area contributed by atoms with Gasteiger partial charge in [-0.2, -0.15) is 0 Å². The molecule has 76 valence electrons. The molecule has 0 aliphatic carbocycles. The van der Waals surface area contributed by atoms with Gasteiger partial charge >= 0.3 is 0 Å². The van der Waals surface area contributed by atoms with Crippen LogP contribution in [0.3, 0.4) is 0 Å². The van der Waals surface area contributed by atoms with Crippen molar-refractivity contribution in [2.45, 2.75) is 18.6 Å². The van der Waals surface area contributed by atoms with Crippen LogP contribution >= 0.6 is 0 Å². The molecule has 2 nitrogen and oxygen atoms in total. The molecule has 2 atom stereocenters. The van der Waals surface area contributed by atoms with Crippen molar-refractivity contribution >= 4 is 5.69 Å². The number of benzene rings is 1. The molecule has 3 heteroatoms. The summed E-state index contributed by atoms with van der Waals surface area (Å²) in [6.07, 6.45) is -0.167. The number of alkyl halides is 1. The van der Waals surface area contributed by atoms with Gasteiger partial charge in [-0.15, -0.1) is 0 Å². The smallest absolute Gasteiger partial charge is 0.143 e. The van der Waals surface area contributed by atoms with Crippen molar-refractivity contribution in [3.8, 4) is 0 Å². The molecule has 1 heterocycles. The zero-order valence-corrected chi connectivity index (χ0v) is 7.95. The number of hydrogen-bond donors (Lipinski definition) is 1. The highest BCUT2D eigenvalue weighted by Crippen LogP contribution is 2.16. The second kappa shape index (κ2) is 4.42. The quantitative estimate of drug-likeness (QED) is 0.781. The third kappa shape index (κ3) is 2.23. The van der Waals surface area contributed by atoms with Gasteiger partial charge in [0.25, 0.3) is 0 Å². The summed E-state index contributed by atoms with van der Waals surface area (Å²) in [5.41, 5.74) is 0.974. The van der Waals surface area contributed by atoms with Gasteiger partial charge in [-0.25, -0.2) is 4.39 Å². The van der Waals surface area contributed by atoms with E-state index in [1.165, 1.54) is 0 Å². The fraction of sp³-hybridized carbons (Fsp3) is 0.455. The van der Waals surface area contributed by atoms with Crippen LogP contribution in [-0.4, -0.2) is 25.4 Å². The maximum absolute atomic E-state index is 13.3. The Morgan fingerprint density at radius 1 is 1.29 bits per heavy atom. The lowest BCUT2D eigenvalue weighted by molar-refractivity contribution is 0.0286. The van der Waals surface area contributed by atoms with Crippen molar-refractivity contribution in [3.05, 3.63) is 30.3 Å². The molecule has 1 aromatic carbocycles. The van der Waals surface area contributed by atoms with E-state index < -0.39 is 6.17 Å². The summed E-state index contributed by atoms with van der Waals surface area (Å²) < 4.78 is 18.4. The van der Waals surface area contributed by atoms with Crippen LogP contribution in [-0.2, 0) is 4.74 Å². The van der Waals surface area contributed by atoms with Crippen LogP contribution in [0.2, 0.25) is 0 Å². The Balaban J connectivity index is 1.96. The van der Waals surface area contributed by atoms with Gasteiger partial charge in [-0.1, -0.05) is 18.2 Å². The monoisotopic (exact) mass is 195 g/mol. The Morgan fingerprint density at radius 3 is 2.79 bits per heavy atom. The van der Waals surface area contributed by atoms with Crippen LogP contribution in [0, 0.1) is 0 Å². The molecule has 0 aromatic heterocycles. The van der Waals surface area contributed by atoms with E-state index in [9.17, 15) is 4.39 Å². The standard InChI is InChI=1S/C11H14FNO/c12-10-8-14-7-6-11(10)13-9-4-2-1-3-5-9/h1-5,10-11,13H,6-8H2. The lowest BCUT2D eigenvalue weighted by Gasteiger charge is -2.27. The van der Waals surface area contributed by atoms with E-state index >= 15 is 0 Å². The van der Waals surface area contributed by atoms with Crippen molar-refractivity contribution in [1.29, 1.82) is 0 Å². The maximum atomic E-state index is 13.3. The molecule has 2 rings (SSSR count). The first-order valence-electron chi connectivity index (χ1n) is 4.89. The second-order valence-electron chi connectivity index (χ2n) is 3.50. The van der Waals surface area contributed by atoms with E-state index in [2.05, 4.69) is 5.32 Å². The summed E-state index contributed by atoms with van der Waals surface area (Å²) in [5.74, 6) is 0. The first-order chi connectivity index (χ1) is 6.86. The van der Waals surface area contributed by atoms with E-state index in [1.54, 1.807) is 0 Å². The van der Waals surface area contributed by atoms with Gasteiger partial charge in [0, 0.05) is 12.3 Å². The molecule has 0 radical (unpaired) electrons. The fourth-order valence-corrected chi connectivity index (χ4v) is 1.61. The van der Waals surface area contributed by atoms with Crippen LogP contribution in [0.1, 0.15) is 6.42 Å². The summed E-state index contributed by atoms with van der Waals surface area (Å²) in [6, 6.07) is 9.61.